The fourth-order valence-corrected chi connectivity index (χ4v) is 7.58. The van der Waals surface area contributed by atoms with Gasteiger partial charge in [0.05, 0.1) is 0 Å². The molecule has 0 saturated carbocycles. The number of benzene rings is 3. The van der Waals surface area contributed by atoms with Crippen molar-refractivity contribution in [1.82, 2.24) is 44.6 Å². The van der Waals surface area contributed by atoms with Crippen LogP contribution in [0.5, 0.6) is 0 Å². The van der Waals surface area contributed by atoms with Gasteiger partial charge >= 0.3 is 0 Å². The van der Waals surface area contributed by atoms with Gasteiger partial charge in [0.1, 0.15) is 0 Å². The van der Waals surface area contributed by atoms with Crippen LogP contribution in [0.15, 0.2) is 128 Å². The molecule has 9 heteroatoms. The Labute approximate surface area is 362 Å². The standard InChI is InChI=1S/C52H59N9/c1-59(2)23-8-7-14-38-26-47(35-53-32-38)41-17-9-20-44(29-41)50-56-51(45-21-10-18-42(30-45)48-27-39(33-54-36-48)15-12-24-60(3)4)58-52(57-50)46-22-11-19-43(31-46)49-28-40(34-55-37-49)16-13-25-61(5)6/h9-11,17-22,26-37H,7-8,12-16,23-25H2,1-6H3. The van der Waals surface area contributed by atoms with Crippen molar-refractivity contribution in [3.05, 3.63) is 145 Å². The van der Waals surface area contributed by atoms with E-state index in [9.17, 15) is 0 Å². The molecule has 0 atom stereocenters. The summed E-state index contributed by atoms with van der Waals surface area (Å²) in [7, 11) is 12.7. The molecule has 7 rings (SSSR count). The van der Waals surface area contributed by atoms with Crippen molar-refractivity contribution >= 4 is 0 Å². The van der Waals surface area contributed by atoms with Crippen molar-refractivity contribution in [2.75, 3.05) is 61.9 Å². The lowest BCUT2D eigenvalue weighted by molar-refractivity contribution is 0.394. The number of aromatic nitrogens is 6. The second kappa shape index (κ2) is 21.0. The van der Waals surface area contributed by atoms with Crippen LogP contribution in [0.2, 0.25) is 0 Å². The zero-order valence-corrected chi connectivity index (χ0v) is 36.7. The molecule has 0 saturated heterocycles. The van der Waals surface area contributed by atoms with E-state index in [1.165, 1.54) is 16.7 Å². The molecular formula is C52H59N9. The maximum Gasteiger partial charge on any atom is 0.164 e. The van der Waals surface area contributed by atoms with Crippen molar-refractivity contribution in [3.63, 3.8) is 0 Å². The van der Waals surface area contributed by atoms with Gasteiger partial charge in [-0.3, -0.25) is 15.0 Å². The zero-order valence-electron chi connectivity index (χ0n) is 36.7. The predicted molar refractivity (Wildman–Crippen MR) is 251 cm³/mol. The highest BCUT2D eigenvalue weighted by atomic mass is 15.1. The SMILES string of the molecule is CN(C)CCCCc1cncc(-c2cccc(-c3nc(-c4cccc(-c5cncc(CCCN(C)C)c5)c4)nc(-c4cccc(-c5cncc(CCCN(C)C)c5)c4)n3)c2)c1. The Morgan fingerprint density at radius 1 is 0.328 bits per heavy atom. The van der Waals surface area contributed by atoms with Crippen LogP contribution in [0.4, 0.5) is 0 Å². The van der Waals surface area contributed by atoms with E-state index < -0.39 is 0 Å². The van der Waals surface area contributed by atoms with Crippen molar-refractivity contribution < 1.29 is 0 Å². The minimum Gasteiger partial charge on any atom is -0.309 e. The second-order valence-electron chi connectivity index (χ2n) is 16.9. The first-order valence-corrected chi connectivity index (χ1v) is 21.5. The summed E-state index contributed by atoms with van der Waals surface area (Å²) >= 11 is 0. The zero-order chi connectivity index (χ0) is 42.6. The first kappa shape index (κ1) is 43.1. The third kappa shape index (κ3) is 12.3. The third-order valence-corrected chi connectivity index (χ3v) is 10.8. The van der Waals surface area contributed by atoms with Gasteiger partial charge < -0.3 is 14.7 Å². The summed E-state index contributed by atoms with van der Waals surface area (Å²) in [6, 6.07) is 32.1. The van der Waals surface area contributed by atoms with E-state index in [4.69, 9.17) is 15.0 Å². The number of aryl methyl sites for hydroxylation is 3. The molecule has 4 heterocycles. The van der Waals surface area contributed by atoms with Crippen LogP contribution in [0.1, 0.15) is 42.4 Å². The fourth-order valence-electron chi connectivity index (χ4n) is 7.58. The minimum absolute atomic E-state index is 0.610. The molecule has 0 N–H and O–H groups in total. The summed E-state index contributed by atoms with van der Waals surface area (Å²) in [5.74, 6) is 1.83. The highest BCUT2D eigenvalue weighted by Gasteiger charge is 2.15. The Kier molecular flexibility index (Phi) is 14.8. The van der Waals surface area contributed by atoms with Crippen LogP contribution in [0, 0.1) is 0 Å². The molecule has 9 nitrogen and oxygen atoms in total. The van der Waals surface area contributed by atoms with Gasteiger partial charge in [0.25, 0.3) is 0 Å². The minimum atomic E-state index is 0.610. The lowest BCUT2D eigenvalue weighted by atomic mass is 10.0. The van der Waals surface area contributed by atoms with Crippen molar-refractivity contribution in [2.24, 2.45) is 0 Å². The summed E-state index contributed by atoms with van der Waals surface area (Å²) in [5, 5.41) is 0. The van der Waals surface area contributed by atoms with Gasteiger partial charge in [0.15, 0.2) is 17.5 Å². The molecule has 7 aromatic rings. The van der Waals surface area contributed by atoms with Gasteiger partial charge in [-0.25, -0.2) is 15.0 Å². The summed E-state index contributed by atoms with van der Waals surface area (Å²) in [6.45, 7) is 3.16. The number of nitrogens with zero attached hydrogens (tertiary/aromatic N) is 9. The second-order valence-corrected chi connectivity index (χ2v) is 16.9. The van der Waals surface area contributed by atoms with Crippen LogP contribution >= 0.6 is 0 Å². The van der Waals surface area contributed by atoms with E-state index in [0.29, 0.717) is 17.5 Å². The van der Waals surface area contributed by atoms with Crippen LogP contribution in [0.3, 0.4) is 0 Å². The number of hydrogen-bond acceptors (Lipinski definition) is 9. The molecule has 0 unspecified atom stereocenters. The summed E-state index contributed by atoms with van der Waals surface area (Å²) in [6.07, 6.45) is 19.2. The Morgan fingerprint density at radius 2 is 0.639 bits per heavy atom. The lowest BCUT2D eigenvalue weighted by Gasteiger charge is -2.12. The average molecular weight is 810 g/mol. The topological polar surface area (TPSA) is 87.1 Å². The number of rotatable bonds is 19. The van der Waals surface area contributed by atoms with Crippen molar-refractivity contribution in [1.29, 1.82) is 0 Å². The van der Waals surface area contributed by atoms with E-state index in [-0.39, 0.29) is 0 Å². The Bertz CT molecular complexity index is 2390. The smallest absolute Gasteiger partial charge is 0.164 e. The maximum atomic E-state index is 5.18. The van der Waals surface area contributed by atoms with E-state index in [1.807, 2.05) is 37.2 Å². The van der Waals surface area contributed by atoms with E-state index >= 15 is 0 Å². The van der Waals surface area contributed by atoms with Gasteiger partial charge in [0, 0.05) is 70.6 Å². The molecule has 61 heavy (non-hydrogen) atoms. The molecule has 4 aromatic heterocycles. The van der Waals surface area contributed by atoms with E-state index in [1.54, 1.807) is 0 Å². The van der Waals surface area contributed by atoms with Crippen LogP contribution in [-0.2, 0) is 19.3 Å². The van der Waals surface area contributed by atoms with Crippen LogP contribution < -0.4 is 0 Å². The molecule has 0 aliphatic heterocycles. The molecule has 0 bridgehead atoms. The molecule has 0 aliphatic carbocycles. The summed E-state index contributed by atoms with van der Waals surface area (Å²) in [5.41, 5.74) is 12.9. The fraction of sp³-hybridized carbons (Fsp3) is 0.308. The summed E-state index contributed by atoms with van der Waals surface area (Å²) in [4.78, 5) is 36.1. The largest absolute Gasteiger partial charge is 0.309 e. The first-order chi connectivity index (χ1) is 29.7. The van der Waals surface area contributed by atoms with Crippen molar-refractivity contribution in [3.8, 4) is 67.5 Å². The van der Waals surface area contributed by atoms with Crippen molar-refractivity contribution in [2.45, 2.75) is 44.9 Å². The number of hydrogen-bond donors (Lipinski definition) is 0. The van der Waals surface area contributed by atoms with Gasteiger partial charge in [-0.15, -0.1) is 0 Å². The maximum absolute atomic E-state index is 5.18. The molecule has 0 fully saturated rings. The molecule has 0 spiro atoms. The molecule has 312 valence electrons. The Hall–Kier alpha value is -6.00. The monoisotopic (exact) mass is 809 g/mol. The third-order valence-electron chi connectivity index (χ3n) is 10.8. The molecule has 3 aromatic carbocycles. The van der Waals surface area contributed by atoms with Gasteiger partial charge in [-0.2, -0.15) is 0 Å². The Morgan fingerprint density at radius 3 is 0.984 bits per heavy atom. The van der Waals surface area contributed by atoms with Crippen LogP contribution in [-0.4, -0.2) is 107 Å². The molecule has 0 amide bonds. The van der Waals surface area contributed by atoms with E-state index in [0.717, 1.165) is 115 Å². The average Bonchev–Trinajstić information content (AvgIpc) is 3.28. The number of pyridine rings is 3. The molecule has 0 aliphatic rings. The Balaban J connectivity index is 1.25. The van der Waals surface area contributed by atoms with Gasteiger partial charge in [0.2, 0.25) is 0 Å². The number of unbranched alkanes of at least 4 members (excludes halogenated alkanes) is 1. The summed E-state index contributed by atoms with van der Waals surface area (Å²) < 4.78 is 0. The lowest BCUT2D eigenvalue weighted by Crippen LogP contribution is -2.13. The van der Waals surface area contributed by atoms with E-state index in [2.05, 4.69) is 163 Å². The van der Waals surface area contributed by atoms with Gasteiger partial charge in [-0.1, -0.05) is 54.6 Å². The molecule has 0 radical (unpaired) electrons. The highest BCUT2D eigenvalue weighted by Crippen LogP contribution is 2.32. The van der Waals surface area contributed by atoms with Crippen LogP contribution in [0.25, 0.3) is 67.5 Å². The first-order valence-electron chi connectivity index (χ1n) is 21.5. The normalized spacial score (nSPS) is 11.6. The quantitative estimate of drug-likeness (QED) is 0.0742. The van der Waals surface area contributed by atoms with Gasteiger partial charge in [-0.05, 0) is 177 Å². The predicted octanol–water partition coefficient (Wildman–Crippen LogP) is 9.93. The molecular weight excluding hydrogens is 751 g/mol. The highest BCUT2D eigenvalue weighted by molar-refractivity contribution is 5.76.